The maximum absolute atomic E-state index is 12.3. The number of halogens is 1. The predicted octanol–water partition coefficient (Wildman–Crippen LogP) is 2.86. The summed E-state index contributed by atoms with van der Waals surface area (Å²) in [5.41, 5.74) is 0. The summed E-state index contributed by atoms with van der Waals surface area (Å²) in [4.78, 5) is 24.3. The highest BCUT2D eigenvalue weighted by atomic mass is 127. The van der Waals surface area contributed by atoms with E-state index in [0.717, 1.165) is 32.1 Å². The minimum absolute atomic E-state index is 0.0320. The summed E-state index contributed by atoms with van der Waals surface area (Å²) in [6, 6.07) is 0. The van der Waals surface area contributed by atoms with E-state index in [1.807, 2.05) is 13.8 Å². The molecule has 4 fully saturated rings. The molecule has 6 unspecified atom stereocenters. The van der Waals surface area contributed by atoms with Crippen LogP contribution >= 0.6 is 22.6 Å². The van der Waals surface area contributed by atoms with Crippen molar-refractivity contribution < 1.29 is 19.1 Å². The van der Waals surface area contributed by atoms with Gasteiger partial charge in [0.25, 0.3) is 0 Å². The van der Waals surface area contributed by atoms with Crippen molar-refractivity contribution in [3.05, 3.63) is 0 Å². The van der Waals surface area contributed by atoms with Gasteiger partial charge < -0.3 is 9.47 Å². The Labute approximate surface area is 133 Å². The van der Waals surface area contributed by atoms with Gasteiger partial charge in [0, 0.05) is 5.92 Å². The second-order valence-electron chi connectivity index (χ2n) is 6.66. The number of fused-ring (bicyclic) bond motifs is 1. The van der Waals surface area contributed by atoms with E-state index in [4.69, 9.17) is 9.47 Å². The van der Waals surface area contributed by atoms with Gasteiger partial charge >= 0.3 is 11.9 Å². The maximum atomic E-state index is 12.3. The van der Waals surface area contributed by atoms with Gasteiger partial charge in [-0.15, -0.1) is 0 Å². The Morgan fingerprint density at radius 2 is 2.15 bits per heavy atom. The summed E-state index contributed by atoms with van der Waals surface area (Å²) in [6.07, 6.45) is 4.02. The Morgan fingerprint density at radius 3 is 2.85 bits per heavy atom. The van der Waals surface area contributed by atoms with Crippen LogP contribution < -0.4 is 0 Å². The molecule has 4 aliphatic rings. The van der Waals surface area contributed by atoms with Crippen LogP contribution in [-0.4, -0.2) is 27.6 Å². The zero-order valence-corrected chi connectivity index (χ0v) is 14.1. The van der Waals surface area contributed by atoms with Crippen molar-refractivity contribution in [1.29, 1.82) is 0 Å². The average Bonchev–Trinajstić information content (AvgIpc) is 2.56. The summed E-state index contributed by atoms with van der Waals surface area (Å²) < 4.78 is 10.9. The molecule has 0 amide bonds. The molecular weight excluding hydrogens is 371 g/mol. The molecule has 20 heavy (non-hydrogen) atoms. The van der Waals surface area contributed by atoms with Crippen LogP contribution in [0.3, 0.4) is 0 Å². The van der Waals surface area contributed by atoms with E-state index in [1.54, 1.807) is 0 Å². The molecule has 0 aromatic rings. The quantitative estimate of drug-likeness (QED) is 0.421. The summed E-state index contributed by atoms with van der Waals surface area (Å²) in [7, 11) is 0. The van der Waals surface area contributed by atoms with Gasteiger partial charge in [-0.1, -0.05) is 29.5 Å². The largest absolute Gasteiger partial charge is 0.458 e. The van der Waals surface area contributed by atoms with Crippen LogP contribution in [-0.2, 0) is 19.1 Å². The normalized spacial score (nSPS) is 41.8. The maximum Gasteiger partial charge on any atom is 0.322 e. The Morgan fingerprint density at radius 1 is 1.40 bits per heavy atom. The van der Waals surface area contributed by atoms with E-state index in [-0.39, 0.29) is 30.1 Å². The van der Waals surface area contributed by atoms with Gasteiger partial charge in [0.2, 0.25) is 0 Å². The lowest BCUT2D eigenvalue weighted by atomic mass is 9.67. The van der Waals surface area contributed by atoms with Crippen molar-refractivity contribution in [3.63, 3.8) is 0 Å². The third-order valence-corrected chi connectivity index (χ3v) is 6.37. The van der Waals surface area contributed by atoms with Crippen molar-refractivity contribution in [1.82, 2.24) is 0 Å². The highest BCUT2D eigenvalue weighted by Gasteiger charge is 2.52. The summed E-state index contributed by atoms with van der Waals surface area (Å²) >= 11 is 2.15. The molecule has 5 heteroatoms. The molecular formula is C15H21IO4. The van der Waals surface area contributed by atoms with Crippen LogP contribution in [0, 0.1) is 17.8 Å². The molecule has 0 aromatic heterocycles. The fourth-order valence-corrected chi connectivity index (χ4v) is 3.95. The number of carbonyl (C=O) groups excluding carboxylic acids is 2. The van der Waals surface area contributed by atoms with Gasteiger partial charge in [0.05, 0.1) is 5.92 Å². The molecule has 112 valence electrons. The van der Waals surface area contributed by atoms with Gasteiger partial charge in [0.15, 0.2) is 0 Å². The average molecular weight is 392 g/mol. The molecule has 0 N–H and O–H groups in total. The Kier molecular flexibility index (Phi) is 3.75. The van der Waals surface area contributed by atoms with E-state index < -0.39 is 3.42 Å². The zero-order chi connectivity index (χ0) is 14.5. The topological polar surface area (TPSA) is 52.6 Å². The summed E-state index contributed by atoms with van der Waals surface area (Å²) in [6.45, 7) is 3.88. The van der Waals surface area contributed by atoms with Gasteiger partial charge in [-0.25, -0.2) is 0 Å². The molecule has 0 radical (unpaired) electrons. The Bertz CT molecular complexity index is 434. The Hall–Kier alpha value is -0.330. The lowest BCUT2D eigenvalue weighted by Crippen LogP contribution is -2.47. The summed E-state index contributed by atoms with van der Waals surface area (Å²) in [5.74, 6) is 0.659. The minimum Gasteiger partial charge on any atom is -0.458 e. The summed E-state index contributed by atoms with van der Waals surface area (Å²) in [5, 5.41) is 0. The van der Waals surface area contributed by atoms with E-state index in [0.29, 0.717) is 11.8 Å². The molecule has 2 saturated heterocycles. The number of rotatable bonds is 3. The molecule has 4 rings (SSSR count). The van der Waals surface area contributed by atoms with Crippen molar-refractivity contribution in [3.8, 4) is 0 Å². The first-order chi connectivity index (χ1) is 9.40. The van der Waals surface area contributed by atoms with Crippen molar-refractivity contribution in [2.24, 2.45) is 17.8 Å². The number of esters is 2. The molecule has 4 nitrogen and oxygen atoms in total. The fraction of sp³-hybridized carbons (Fsp3) is 0.867. The SMILES string of the molecule is CCC(C)(I)C(=O)OC1C2CC3CC(C2)C(=O)OC1C3. The number of carbonyl (C=O) groups is 2. The highest BCUT2D eigenvalue weighted by molar-refractivity contribution is 14.1. The van der Waals surface area contributed by atoms with E-state index in [9.17, 15) is 9.59 Å². The number of hydrogen-bond acceptors (Lipinski definition) is 4. The van der Waals surface area contributed by atoms with Crippen LogP contribution in [0.25, 0.3) is 0 Å². The molecule has 6 atom stereocenters. The lowest BCUT2D eigenvalue weighted by molar-refractivity contribution is -0.174. The zero-order valence-electron chi connectivity index (χ0n) is 11.9. The predicted molar refractivity (Wildman–Crippen MR) is 81.4 cm³/mol. The van der Waals surface area contributed by atoms with Crippen LogP contribution in [0.2, 0.25) is 0 Å². The van der Waals surface area contributed by atoms with Crippen molar-refractivity contribution >= 4 is 34.5 Å². The fourth-order valence-electron chi connectivity index (χ4n) is 3.83. The second kappa shape index (κ2) is 5.14. The molecule has 2 aliphatic carbocycles. The Balaban J connectivity index is 1.77. The smallest absolute Gasteiger partial charge is 0.322 e. The van der Waals surface area contributed by atoms with Crippen LogP contribution in [0.5, 0.6) is 0 Å². The van der Waals surface area contributed by atoms with E-state index in [2.05, 4.69) is 22.6 Å². The van der Waals surface area contributed by atoms with Gasteiger partial charge in [0.1, 0.15) is 15.6 Å². The van der Waals surface area contributed by atoms with E-state index >= 15 is 0 Å². The van der Waals surface area contributed by atoms with Crippen LogP contribution in [0.15, 0.2) is 0 Å². The first-order valence-electron chi connectivity index (χ1n) is 7.51. The molecule has 4 bridgehead atoms. The van der Waals surface area contributed by atoms with Crippen molar-refractivity contribution in [2.45, 2.75) is 61.6 Å². The van der Waals surface area contributed by atoms with Crippen molar-refractivity contribution in [2.75, 3.05) is 0 Å². The number of hydrogen-bond donors (Lipinski definition) is 0. The van der Waals surface area contributed by atoms with Gasteiger partial charge in [-0.2, -0.15) is 0 Å². The first-order valence-corrected chi connectivity index (χ1v) is 8.59. The highest BCUT2D eigenvalue weighted by Crippen LogP contribution is 2.48. The minimum atomic E-state index is -0.495. The first kappa shape index (κ1) is 14.6. The number of alkyl halides is 1. The molecule has 2 saturated carbocycles. The monoisotopic (exact) mass is 392 g/mol. The second-order valence-corrected chi connectivity index (χ2v) is 9.04. The van der Waals surface area contributed by atoms with Crippen LogP contribution in [0.4, 0.5) is 0 Å². The number of ether oxygens (including phenoxy) is 2. The standard InChI is InChI=1S/C15H21IO4/c1-3-15(2,16)14(18)20-12-9-4-8-5-10(7-9)13(17)19-11(12)6-8/h8-12H,3-7H2,1-2H3. The molecule has 0 aromatic carbocycles. The molecule has 0 spiro atoms. The third kappa shape index (κ3) is 2.46. The van der Waals surface area contributed by atoms with E-state index in [1.165, 1.54) is 0 Å². The molecule has 2 heterocycles. The molecule has 2 aliphatic heterocycles. The van der Waals surface area contributed by atoms with Gasteiger partial charge in [-0.05, 0) is 44.9 Å². The lowest BCUT2D eigenvalue weighted by Gasteiger charge is -2.42. The van der Waals surface area contributed by atoms with Gasteiger partial charge in [-0.3, -0.25) is 9.59 Å². The van der Waals surface area contributed by atoms with Crippen LogP contribution in [0.1, 0.15) is 46.0 Å². The third-order valence-electron chi connectivity index (χ3n) is 5.17.